The van der Waals surface area contributed by atoms with Gasteiger partial charge in [0, 0.05) is 6.54 Å². The third kappa shape index (κ3) is 2.68. The quantitative estimate of drug-likeness (QED) is 0.896. The minimum atomic E-state index is -0.826. The van der Waals surface area contributed by atoms with Crippen molar-refractivity contribution in [3.8, 4) is 0 Å². The number of anilines is 1. The van der Waals surface area contributed by atoms with Crippen molar-refractivity contribution in [2.45, 2.75) is 13.3 Å². The number of fused-ring (bicyclic) bond motifs is 1. The number of aliphatic carboxylic acids is 1. The monoisotopic (exact) mass is 270 g/mol. The van der Waals surface area contributed by atoms with Crippen LogP contribution in [-0.4, -0.2) is 22.6 Å². The van der Waals surface area contributed by atoms with Gasteiger partial charge in [0.2, 0.25) is 0 Å². The number of rotatable bonds is 4. The maximum absolute atomic E-state index is 10.4. The molecule has 1 aromatic heterocycles. The summed E-state index contributed by atoms with van der Waals surface area (Å²) >= 11 is 7.52. The van der Waals surface area contributed by atoms with Gasteiger partial charge >= 0.3 is 5.97 Å². The molecule has 1 heterocycles. The summed E-state index contributed by atoms with van der Waals surface area (Å²) in [5.74, 6) is -0.826. The van der Waals surface area contributed by atoms with E-state index >= 15 is 0 Å². The normalized spacial score (nSPS) is 10.7. The van der Waals surface area contributed by atoms with Gasteiger partial charge in [-0.2, -0.15) is 0 Å². The van der Waals surface area contributed by atoms with Gasteiger partial charge in [0.15, 0.2) is 5.13 Å². The topological polar surface area (TPSA) is 62.2 Å². The molecular weight excluding hydrogens is 260 g/mol. The SMILES string of the molecule is Cc1ccc(Cl)c2sc(NCCC(=O)O)nc12. The molecule has 0 spiro atoms. The first kappa shape index (κ1) is 12.1. The second kappa shape index (κ2) is 4.89. The van der Waals surface area contributed by atoms with E-state index in [1.54, 1.807) is 0 Å². The Labute approximate surface area is 107 Å². The van der Waals surface area contributed by atoms with Gasteiger partial charge in [0.25, 0.3) is 0 Å². The first-order valence-corrected chi connectivity index (χ1v) is 6.28. The molecule has 0 saturated carbocycles. The highest BCUT2D eigenvalue weighted by molar-refractivity contribution is 7.22. The van der Waals surface area contributed by atoms with Gasteiger partial charge < -0.3 is 10.4 Å². The van der Waals surface area contributed by atoms with Crippen LogP contribution in [-0.2, 0) is 4.79 Å². The highest BCUT2D eigenvalue weighted by Gasteiger charge is 2.09. The van der Waals surface area contributed by atoms with E-state index in [1.165, 1.54) is 11.3 Å². The van der Waals surface area contributed by atoms with Crippen molar-refractivity contribution in [3.05, 3.63) is 22.7 Å². The Hall–Kier alpha value is -1.33. The molecular formula is C11H11ClN2O2S. The number of carbonyl (C=O) groups is 1. The van der Waals surface area contributed by atoms with Crippen LogP contribution in [0.3, 0.4) is 0 Å². The van der Waals surface area contributed by atoms with Crippen LogP contribution in [0.25, 0.3) is 10.2 Å². The van der Waals surface area contributed by atoms with Crippen molar-refractivity contribution < 1.29 is 9.90 Å². The first-order chi connectivity index (χ1) is 8.08. The molecule has 0 aliphatic heterocycles. The molecule has 2 N–H and O–H groups in total. The van der Waals surface area contributed by atoms with Gasteiger partial charge in [-0.15, -0.1) is 0 Å². The fourth-order valence-corrected chi connectivity index (χ4v) is 2.70. The summed E-state index contributed by atoms with van der Waals surface area (Å²) in [7, 11) is 0. The fourth-order valence-electron chi connectivity index (χ4n) is 1.45. The van der Waals surface area contributed by atoms with Crippen LogP contribution in [0.4, 0.5) is 5.13 Å². The molecule has 0 radical (unpaired) electrons. The maximum Gasteiger partial charge on any atom is 0.305 e. The summed E-state index contributed by atoms with van der Waals surface area (Å²) in [4.78, 5) is 14.8. The van der Waals surface area contributed by atoms with E-state index in [-0.39, 0.29) is 6.42 Å². The van der Waals surface area contributed by atoms with E-state index in [9.17, 15) is 4.79 Å². The highest BCUT2D eigenvalue weighted by Crippen LogP contribution is 2.33. The first-order valence-electron chi connectivity index (χ1n) is 5.09. The molecule has 2 aromatic rings. The molecule has 6 heteroatoms. The van der Waals surface area contributed by atoms with Crippen LogP contribution in [0.5, 0.6) is 0 Å². The number of hydrogen-bond donors (Lipinski definition) is 2. The van der Waals surface area contributed by atoms with E-state index in [2.05, 4.69) is 10.3 Å². The molecule has 0 aliphatic carbocycles. The lowest BCUT2D eigenvalue weighted by atomic mass is 10.2. The van der Waals surface area contributed by atoms with E-state index in [4.69, 9.17) is 16.7 Å². The largest absolute Gasteiger partial charge is 0.481 e. The molecule has 4 nitrogen and oxygen atoms in total. The minimum absolute atomic E-state index is 0.0721. The van der Waals surface area contributed by atoms with Gasteiger partial charge in [0.05, 0.1) is 21.7 Å². The number of aryl methyl sites for hydroxylation is 1. The average Bonchev–Trinajstić information content (AvgIpc) is 2.68. The van der Waals surface area contributed by atoms with Crippen LogP contribution in [0, 0.1) is 6.92 Å². The number of nitrogens with zero attached hydrogens (tertiary/aromatic N) is 1. The summed E-state index contributed by atoms with van der Waals surface area (Å²) < 4.78 is 0.935. The second-order valence-electron chi connectivity index (χ2n) is 3.63. The summed E-state index contributed by atoms with van der Waals surface area (Å²) in [6.45, 7) is 2.34. The summed E-state index contributed by atoms with van der Waals surface area (Å²) in [5.41, 5.74) is 1.94. The lowest BCUT2D eigenvalue weighted by molar-refractivity contribution is -0.136. The lowest BCUT2D eigenvalue weighted by Gasteiger charge is -1.97. The summed E-state index contributed by atoms with van der Waals surface area (Å²) in [6.07, 6.45) is 0.0721. The van der Waals surface area contributed by atoms with E-state index in [0.29, 0.717) is 16.7 Å². The molecule has 0 saturated heterocycles. The molecule has 2 rings (SSSR count). The van der Waals surface area contributed by atoms with Gasteiger partial charge in [0.1, 0.15) is 0 Å². The smallest absolute Gasteiger partial charge is 0.305 e. The number of hydrogen-bond acceptors (Lipinski definition) is 4. The zero-order valence-corrected chi connectivity index (χ0v) is 10.7. The summed E-state index contributed by atoms with van der Waals surface area (Å²) in [5, 5.41) is 12.9. The Morgan fingerprint density at radius 3 is 3.00 bits per heavy atom. The van der Waals surface area contributed by atoms with Crippen molar-refractivity contribution >= 4 is 44.3 Å². The average molecular weight is 271 g/mol. The van der Waals surface area contributed by atoms with E-state index in [0.717, 1.165) is 15.8 Å². The third-order valence-corrected chi connectivity index (χ3v) is 3.79. The zero-order chi connectivity index (χ0) is 12.4. The standard InChI is InChI=1S/C11H11ClN2O2S/c1-6-2-3-7(12)10-9(6)14-11(17-10)13-5-4-8(15)16/h2-3H,4-5H2,1H3,(H,13,14)(H,15,16). The van der Waals surface area contributed by atoms with Crippen LogP contribution in [0.1, 0.15) is 12.0 Å². The van der Waals surface area contributed by atoms with E-state index < -0.39 is 5.97 Å². The minimum Gasteiger partial charge on any atom is -0.481 e. The molecule has 0 unspecified atom stereocenters. The maximum atomic E-state index is 10.4. The predicted octanol–water partition coefficient (Wildman–Crippen LogP) is 3.14. The van der Waals surface area contributed by atoms with Crippen molar-refractivity contribution in [2.24, 2.45) is 0 Å². The van der Waals surface area contributed by atoms with Gasteiger partial charge in [-0.1, -0.05) is 29.0 Å². The van der Waals surface area contributed by atoms with Gasteiger partial charge in [-0.25, -0.2) is 4.98 Å². The molecule has 90 valence electrons. The summed E-state index contributed by atoms with van der Waals surface area (Å²) in [6, 6.07) is 3.77. The third-order valence-electron chi connectivity index (χ3n) is 2.31. The predicted molar refractivity (Wildman–Crippen MR) is 70.1 cm³/mol. The Morgan fingerprint density at radius 2 is 2.35 bits per heavy atom. The Kier molecular flexibility index (Phi) is 3.49. The van der Waals surface area contributed by atoms with Crippen molar-refractivity contribution in [3.63, 3.8) is 0 Å². The Morgan fingerprint density at radius 1 is 1.59 bits per heavy atom. The number of aromatic nitrogens is 1. The van der Waals surface area contributed by atoms with Crippen LogP contribution < -0.4 is 5.32 Å². The zero-order valence-electron chi connectivity index (χ0n) is 9.16. The molecule has 1 aromatic carbocycles. The molecule has 0 aliphatic rings. The molecule has 0 fully saturated rings. The lowest BCUT2D eigenvalue weighted by Crippen LogP contribution is -2.06. The van der Waals surface area contributed by atoms with Gasteiger partial charge in [-0.3, -0.25) is 4.79 Å². The number of carboxylic acids is 1. The number of nitrogens with one attached hydrogen (secondary N) is 1. The van der Waals surface area contributed by atoms with Crippen molar-refractivity contribution in [2.75, 3.05) is 11.9 Å². The van der Waals surface area contributed by atoms with Crippen LogP contribution >= 0.6 is 22.9 Å². The highest BCUT2D eigenvalue weighted by atomic mass is 35.5. The number of thiazole rings is 1. The molecule has 17 heavy (non-hydrogen) atoms. The molecule has 0 atom stereocenters. The van der Waals surface area contributed by atoms with Crippen LogP contribution in [0.2, 0.25) is 5.02 Å². The number of halogens is 1. The van der Waals surface area contributed by atoms with E-state index in [1.807, 2.05) is 19.1 Å². The number of carboxylic acid groups (broad SMARTS) is 1. The van der Waals surface area contributed by atoms with Crippen molar-refractivity contribution in [1.29, 1.82) is 0 Å². The van der Waals surface area contributed by atoms with Crippen molar-refractivity contribution in [1.82, 2.24) is 4.98 Å². The van der Waals surface area contributed by atoms with Crippen LogP contribution in [0.15, 0.2) is 12.1 Å². The fraction of sp³-hybridized carbons (Fsp3) is 0.273. The van der Waals surface area contributed by atoms with Gasteiger partial charge in [-0.05, 0) is 18.6 Å². The Bertz CT molecular complexity index is 529. The second-order valence-corrected chi connectivity index (χ2v) is 5.04. The molecule has 0 bridgehead atoms. The number of benzene rings is 1. The Balaban J connectivity index is 2.23. The molecule has 0 amide bonds.